The van der Waals surface area contributed by atoms with E-state index in [1.54, 1.807) is 19.2 Å². The smallest absolute Gasteiger partial charge is 0.174 e. The first kappa shape index (κ1) is 23.5. The van der Waals surface area contributed by atoms with Crippen molar-refractivity contribution in [3.8, 4) is 5.69 Å². The highest BCUT2D eigenvalue weighted by Crippen LogP contribution is 2.44. The first-order valence-corrected chi connectivity index (χ1v) is 12.3. The fourth-order valence-electron chi connectivity index (χ4n) is 5.01. The molecular formula is C28H26ClFN4S. The first-order chi connectivity index (χ1) is 16.8. The Balaban J connectivity index is 1.71. The molecule has 2 aromatic heterocycles. The molecule has 0 bridgehead atoms. The number of rotatable bonds is 4. The second kappa shape index (κ2) is 9.10. The molecule has 2 aromatic carbocycles. The number of nitrogens with zero attached hydrogens (tertiary/aromatic N) is 3. The molecule has 1 N–H and O–H groups in total. The number of aryl methyl sites for hydroxylation is 3. The van der Waals surface area contributed by atoms with Crippen molar-refractivity contribution in [2.24, 2.45) is 0 Å². The molecule has 1 aliphatic rings. The van der Waals surface area contributed by atoms with Crippen molar-refractivity contribution in [1.29, 1.82) is 0 Å². The standard InChI is InChI=1S/C28H26ClFN4S/c1-16-8-9-20(29)15-25(16)33-18(3)14-22(19(33)4)27-26(24-7-5-6-12-31-24)32-28(35)34(27)21-10-11-23(30)17(2)13-21/h5-15,26-27H,1-4H3,(H,32,35)/t26-,27+/m0/s1. The Morgan fingerprint density at radius 3 is 2.49 bits per heavy atom. The SMILES string of the molecule is Cc1cc(N2C(=S)N[C@@H](c3ccccn3)[C@H]2c2cc(C)n(-c3cc(Cl)ccc3C)c2C)ccc1F. The third-order valence-electron chi connectivity index (χ3n) is 6.72. The van der Waals surface area contributed by atoms with Gasteiger partial charge in [-0.15, -0.1) is 0 Å². The second-order valence-corrected chi connectivity index (χ2v) is 9.85. The summed E-state index contributed by atoms with van der Waals surface area (Å²) in [6.07, 6.45) is 1.79. The van der Waals surface area contributed by atoms with Crippen LogP contribution in [0.15, 0.2) is 66.9 Å². The molecule has 0 unspecified atom stereocenters. The summed E-state index contributed by atoms with van der Waals surface area (Å²) in [5, 5.41) is 4.76. The summed E-state index contributed by atoms with van der Waals surface area (Å²) in [4.78, 5) is 6.72. The minimum Gasteiger partial charge on any atom is -0.351 e. The molecule has 1 fully saturated rings. The second-order valence-electron chi connectivity index (χ2n) is 9.02. The van der Waals surface area contributed by atoms with Gasteiger partial charge in [-0.3, -0.25) is 4.98 Å². The molecule has 3 heterocycles. The molecule has 0 amide bonds. The Labute approximate surface area is 215 Å². The van der Waals surface area contributed by atoms with Gasteiger partial charge in [-0.2, -0.15) is 0 Å². The molecule has 35 heavy (non-hydrogen) atoms. The highest BCUT2D eigenvalue weighted by Gasteiger charge is 2.42. The van der Waals surface area contributed by atoms with Crippen molar-refractivity contribution in [3.63, 3.8) is 0 Å². The van der Waals surface area contributed by atoms with Crippen LogP contribution in [0.25, 0.3) is 5.69 Å². The summed E-state index contributed by atoms with van der Waals surface area (Å²) in [7, 11) is 0. The minimum absolute atomic E-state index is 0.177. The molecule has 1 aliphatic heterocycles. The summed E-state index contributed by atoms with van der Waals surface area (Å²) in [6, 6.07) is 18.8. The average Bonchev–Trinajstić information content (AvgIpc) is 3.33. The number of pyridine rings is 1. The zero-order valence-electron chi connectivity index (χ0n) is 20.0. The van der Waals surface area contributed by atoms with E-state index in [1.165, 1.54) is 6.07 Å². The van der Waals surface area contributed by atoms with Crippen LogP contribution in [0.1, 0.15) is 45.9 Å². The Hall–Kier alpha value is -3.22. The van der Waals surface area contributed by atoms with Crippen molar-refractivity contribution in [3.05, 3.63) is 111 Å². The number of anilines is 1. The highest BCUT2D eigenvalue weighted by atomic mass is 35.5. The Morgan fingerprint density at radius 1 is 0.971 bits per heavy atom. The Bertz CT molecular complexity index is 1430. The lowest BCUT2D eigenvalue weighted by Gasteiger charge is -2.28. The number of thiocarbonyl (C=S) groups is 1. The lowest BCUT2D eigenvalue weighted by Crippen LogP contribution is -2.29. The number of nitrogens with one attached hydrogen (secondary N) is 1. The Kier molecular flexibility index (Phi) is 6.11. The molecule has 4 nitrogen and oxygen atoms in total. The lowest BCUT2D eigenvalue weighted by atomic mass is 9.96. The van der Waals surface area contributed by atoms with E-state index in [9.17, 15) is 4.39 Å². The molecule has 0 spiro atoms. The van der Waals surface area contributed by atoms with Gasteiger partial charge in [0.2, 0.25) is 0 Å². The number of hydrogen-bond acceptors (Lipinski definition) is 2. The predicted octanol–water partition coefficient (Wildman–Crippen LogP) is 7.08. The molecule has 0 aliphatic carbocycles. The van der Waals surface area contributed by atoms with Gasteiger partial charge >= 0.3 is 0 Å². The number of aromatic nitrogens is 2. The molecule has 4 aromatic rings. The Morgan fingerprint density at radius 2 is 1.77 bits per heavy atom. The van der Waals surface area contributed by atoms with Crippen LogP contribution in [0.3, 0.4) is 0 Å². The monoisotopic (exact) mass is 504 g/mol. The fraction of sp³-hybridized carbons (Fsp3) is 0.214. The predicted molar refractivity (Wildman–Crippen MR) is 144 cm³/mol. The van der Waals surface area contributed by atoms with Gasteiger partial charge in [0.15, 0.2) is 5.11 Å². The van der Waals surface area contributed by atoms with Crippen molar-refractivity contribution in [1.82, 2.24) is 14.9 Å². The molecular weight excluding hydrogens is 479 g/mol. The quantitative estimate of drug-likeness (QED) is 0.301. The largest absolute Gasteiger partial charge is 0.351 e. The average molecular weight is 505 g/mol. The van der Waals surface area contributed by atoms with Gasteiger partial charge in [0, 0.05) is 34.0 Å². The van der Waals surface area contributed by atoms with E-state index in [-0.39, 0.29) is 17.9 Å². The van der Waals surface area contributed by atoms with Gasteiger partial charge < -0.3 is 14.8 Å². The maximum atomic E-state index is 14.1. The topological polar surface area (TPSA) is 33.1 Å². The van der Waals surface area contributed by atoms with Crippen LogP contribution >= 0.6 is 23.8 Å². The highest BCUT2D eigenvalue weighted by molar-refractivity contribution is 7.80. The fourth-order valence-corrected chi connectivity index (χ4v) is 5.52. The third kappa shape index (κ3) is 4.11. The lowest BCUT2D eigenvalue weighted by molar-refractivity contribution is 0.564. The van der Waals surface area contributed by atoms with Gasteiger partial charge in [-0.1, -0.05) is 23.7 Å². The molecule has 178 valence electrons. The zero-order valence-corrected chi connectivity index (χ0v) is 21.6. The van der Waals surface area contributed by atoms with E-state index in [0.29, 0.717) is 15.7 Å². The van der Waals surface area contributed by atoms with Crippen LogP contribution in [0.5, 0.6) is 0 Å². The maximum absolute atomic E-state index is 14.1. The van der Waals surface area contributed by atoms with Crippen molar-refractivity contribution in [2.75, 3.05) is 4.90 Å². The van der Waals surface area contributed by atoms with E-state index in [4.69, 9.17) is 23.8 Å². The van der Waals surface area contributed by atoms with Crippen LogP contribution in [-0.2, 0) is 0 Å². The maximum Gasteiger partial charge on any atom is 0.174 e. The van der Waals surface area contributed by atoms with Gasteiger partial charge in [0.1, 0.15) is 5.82 Å². The van der Waals surface area contributed by atoms with Crippen LogP contribution in [0.4, 0.5) is 10.1 Å². The number of halogens is 2. The van der Waals surface area contributed by atoms with Crippen molar-refractivity contribution >= 4 is 34.6 Å². The molecule has 5 rings (SSSR count). The van der Waals surface area contributed by atoms with E-state index in [1.807, 2.05) is 42.5 Å². The normalized spacial score (nSPS) is 17.7. The van der Waals surface area contributed by atoms with Crippen LogP contribution in [-0.4, -0.2) is 14.7 Å². The van der Waals surface area contributed by atoms with E-state index >= 15 is 0 Å². The molecule has 2 atom stereocenters. The summed E-state index contributed by atoms with van der Waals surface area (Å²) in [5.74, 6) is -0.237. The van der Waals surface area contributed by atoms with Crippen LogP contribution in [0, 0.1) is 33.5 Å². The molecule has 7 heteroatoms. The van der Waals surface area contributed by atoms with Gasteiger partial charge in [0.25, 0.3) is 0 Å². The molecule has 1 saturated heterocycles. The van der Waals surface area contributed by atoms with Crippen LogP contribution in [0.2, 0.25) is 5.02 Å². The van der Waals surface area contributed by atoms with Crippen LogP contribution < -0.4 is 10.2 Å². The first-order valence-electron chi connectivity index (χ1n) is 11.5. The number of hydrogen-bond donors (Lipinski definition) is 1. The molecule has 0 radical (unpaired) electrons. The molecule has 0 saturated carbocycles. The summed E-state index contributed by atoms with van der Waals surface area (Å²) in [6.45, 7) is 8.07. The summed E-state index contributed by atoms with van der Waals surface area (Å²) >= 11 is 12.2. The zero-order chi connectivity index (χ0) is 24.9. The minimum atomic E-state index is -0.237. The van der Waals surface area contributed by atoms with Crippen molar-refractivity contribution in [2.45, 2.75) is 39.8 Å². The van der Waals surface area contributed by atoms with Crippen molar-refractivity contribution < 1.29 is 4.39 Å². The van der Waals surface area contributed by atoms with Gasteiger partial charge in [-0.25, -0.2) is 4.39 Å². The van der Waals surface area contributed by atoms with E-state index < -0.39 is 0 Å². The third-order valence-corrected chi connectivity index (χ3v) is 7.27. The van der Waals surface area contributed by atoms with Gasteiger partial charge in [0.05, 0.1) is 17.8 Å². The van der Waals surface area contributed by atoms with Gasteiger partial charge in [-0.05, 0) is 105 Å². The summed E-state index contributed by atoms with van der Waals surface area (Å²) in [5.41, 5.74) is 7.79. The van der Waals surface area contributed by atoms with E-state index in [0.717, 1.165) is 39.6 Å². The number of benzene rings is 2. The van der Waals surface area contributed by atoms with E-state index in [2.05, 4.69) is 46.6 Å². The summed E-state index contributed by atoms with van der Waals surface area (Å²) < 4.78 is 16.4.